The molecule has 0 fully saturated rings. The SMILES string of the molecule is Cc1nc(CCNc2nc(C(=O)O)ccc2N)no1. The van der Waals surface area contributed by atoms with Crippen LogP contribution in [0.2, 0.25) is 0 Å². The topological polar surface area (TPSA) is 127 Å². The minimum absolute atomic E-state index is 0.0629. The summed E-state index contributed by atoms with van der Waals surface area (Å²) in [5.41, 5.74) is 6.03. The summed E-state index contributed by atoms with van der Waals surface area (Å²) < 4.78 is 4.83. The molecule has 0 radical (unpaired) electrons. The van der Waals surface area contributed by atoms with E-state index in [1.165, 1.54) is 12.1 Å². The lowest BCUT2D eigenvalue weighted by molar-refractivity contribution is 0.0690. The summed E-state index contributed by atoms with van der Waals surface area (Å²) >= 11 is 0. The molecule has 4 N–H and O–H groups in total. The molecular weight excluding hydrogens is 250 g/mol. The normalized spacial score (nSPS) is 10.4. The number of nitrogens with one attached hydrogen (secondary N) is 1. The van der Waals surface area contributed by atoms with Crippen LogP contribution in [0.25, 0.3) is 0 Å². The van der Waals surface area contributed by atoms with Gasteiger partial charge in [0.1, 0.15) is 5.82 Å². The van der Waals surface area contributed by atoms with E-state index in [4.69, 9.17) is 15.4 Å². The van der Waals surface area contributed by atoms with Crippen molar-refractivity contribution in [2.24, 2.45) is 0 Å². The Balaban J connectivity index is 1.99. The molecule has 0 unspecified atom stereocenters. The molecule has 2 aromatic rings. The Morgan fingerprint density at radius 3 is 2.89 bits per heavy atom. The molecule has 100 valence electrons. The number of carbonyl (C=O) groups is 1. The molecule has 8 heteroatoms. The molecule has 0 amide bonds. The van der Waals surface area contributed by atoms with Crippen LogP contribution in [0.15, 0.2) is 16.7 Å². The minimum Gasteiger partial charge on any atom is -0.477 e. The van der Waals surface area contributed by atoms with Crippen molar-refractivity contribution in [1.29, 1.82) is 0 Å². The molecule has 8 nitrogen and oxygen atoms in total. The summed E-state index contributed by atoms with van der Waals surface area (Å²) in [6.45, 7) is 2.18. The van der Waals surface area contributed by atoms with Gasteiger partial charge in [0.05, 0.1) is 5.69 Å². The zero-order valence-electron chi connectivity index (χ0n) is 10.3. The molecule has 0 atom stereocenters. The summed E-state index contributed by atoms with van der Waals surface area (Å²) in [7, 11) is 0. The second kappa shape index (κ2) is 5.34. The number of hydrogen-bond donors (Lipinski definition) is 3. The van der Waals surface area contributed by atoms with Crippen LogP contribution in [0.3, 0.4) is 0 Å². The van der Waals surface area contributed by atoms with E-state index in [0.717, 1.165) is 0 Å². The number of pyridine rings is 1. The van der Waals surface area contributed by atoms with Gasteiger partial charge in [-0.3, -0.25) is 0 Å². The van der Waals surface area contributed by atoms with Crippen molar-refractivity contribution in [1.82, 2.24) is 15.1 Å². The van der Waals surface area contributed by atoms with Crippen molar-refractivity contribution in [2.75, 3.05) is 17.6 Å². The standard InChI is InChI=1S/C11H13N5O3/c1-6-14-9(16-19-6)4-5-13-10-7(12)2-3-8(15-10)11(17)18/h2-3H,4-5,12H2,1H3,(H,13,15)(H,17,18). The second-order valence-electron chi connectivity index (χ2n) is 3.85. The Kier molecular flexibility index (Phi) is 3.60. The molecule has 19 heavy (non-hydrogen) atoms. The van der Waals surface area contributed by atoms with Crippen LogP contribution < -0.4 is 11.1 Å². The lowest BCUT2D eigenvalue weighted by Gasteiger charge is -2.07. The summed E-state index contributed by atoms with van der Waals surface area (Å²) in [6, 6.07) is 2.85. The van der Waals surface area contributed by atoms with Crippen LogP contribution in [0, 0.1) is 6.92 Å². The molecule has 0 aliphatic heterocycles. The van der Waals surface area contributed by atoms with Crippen LogP contribution in [-0.4, -0.2) is 32.7 Å². The Morgan fingerprint density at radius 2 is 2.26 bits per heavy atom. The van der Waals surface area contributed by atoms with E-state index in [-0.39, 0.29) is 5.69 Å². The van der Waals surface area contributed by atoms with Crippen LogP contribution >= 0.6 is 0 Å². The maximum absolute atomic E-state index is 10.8. The monoisotopic (exact) mass is 263 g/mol. The number of aromatic nitrogens is 3. The summed E-state index contributed by atoms with van der Waals surface area (Å²) in [5, 5.41) is 15.5. The zero-order valence-corrected chi connectivity index (χ0v) is 10.3. The number of aryl methyl sites for hydroxylation is 1. The quantitative estimate of drug-likeness (QED) is 0.719. The van der Waals surface area contributed by atoms with Crippen molar-refractivity contribution >= 4 is 17.5 Å². The van der Waals surface area contributed by atoms with Gasteiger partial charge in [0.15, 0.2) is 11.5 Å². The van der Waals surface area contributed by atoms with Crippen LogP contribution in [-0.2, 0) is 6.42 Å². The van der Waals surface area contributed by atoms with Crippen molar-refractivity contribution in [3.8, 4) is 0 Å². The first-order valence-electron chi connectivity index (χ1n) is 5.59. The molecule has 0 bridgehead atoms. The van der Waals surface area contributed by atoms with Gasteiger partial charge in [-0.1, -0.05) is 5.16 Å². The molecule has 2 rings (SSSR count). The minimum atomic E-state index is -1.10. The molecule has 0 spiro atoms. The average molecular weight is 263 g/mol. The lowest BCUT2D eigenvalue weighted by Crippen LogP contribution is -2.11. The largest absolute Gasteiger partial charge is 0.477 e. The third-order valence-electron chi connectivity index (χ3n) is 2.36. The number of anilines is 2. The van der Waals surface area contributed by atoms with Gasteiger partial charge >= 0.3 is 5.97 Å². The number of carboxylic acids is 1. The van der Waals surface area contributed by atoms with Gasteiger partial charge in [0.25, 0.3) is 0 Å². The first kappa shape index (κ1) is 12.8. The predicted octanol–water partition coefficient (Wildman–Crippen LogP) is 0.708. The first-order valence-corrected chi connectivity index (χ1v) is 5.59. The van der Waals surface area contributed by atoms with Gasteiger partial charge < -0.3 is 20.7 Å². The van der Waals surface area contributed by atoms with Gasteiger partial charge in [-0.15, -0.1) is 0 Å². The first-order chi connectivity index (χ1) is 9.06. The highest BCUT2D eigenvalue weighted by Gasteiger charge is 2.09. The molecule has 0 aromatic carbocycles. The number of hydrogen-bond acceptors (Lipinski definition) is 7. The van der Waals surface area contributed by atoms with Crippen molar-refractivity contribution in [3.63, 3.8) is 0 Å². The maximum Gasteiger partial charge on any atom is 0.354 e. The molecule has 0 saturated heterocycles. The third kappa shape index (κ3) is 3.18. The number of nitrogens with two attached hydrogens (primary N) is 1. The van der Waals surface area contributed by atoms with E-state index >= 15 is 0 Å². The van der Waals surface area contributed by atoms with Crippen molar-refractivity contribution in [3.05, 3.63) is 29.5 Å². The van der Waals surface area contributed by atoms with E-state index in [9.17, 15) is 4.79 Å². The number of nitrogens with zero attached hydrogens (tertiary/aromatic N) is 3. The number of rotatable bonds is 5. The van der Waals surface area contributed by atoms with Crippen LogP contribution in [0.1, 0.15) is 22.2 Å². The van der Waals surface area contributed by atoms with Crippen LogP contribution in [0.4, 0.5) is 11.5 Å². The number of nitrogen functional groups attached to an aromatic ring is 1. The molecular formula is C11H13N5O3. The number of carboxylic acid groups (broad SMARTS) is 1. The van der Waals surface area contributed by atoms with Gasteiger partial charge in [0.2, 0.25) is 5.89 Å². The fourth-order valence-corrected chi connectivity index (χ4v) is 1.47. The van der Waals surface area contributed by atoms with Crippen molar-refractivity contribution in [2.45, 2.75) is 13.3 Å². The Morgan fingerprint density at radius 1 is 1.47 bits per heavy atom. The smallest absolute Gasteiger partial charge is 0.354 e. The second-order valence-corrected chi connectivity index (χ2v) is 3.85. The number of aromatic carboxylic acids is 1. The lowest BCUT2D eigenvalue weighted by atomic mass is 10.3. The van der Waals surface area contributed by atoms with E-state index in [2.05, 4.69) is 20.4 Å². The van der Waals surface area contributed by atoms with Gasteiger partial charge in [-0.25, -0.2) is 9.78 Å². The third-order valence-corrected chi connectivity index (χ3v) is 2.36. The zero-order chi connectivity index (χ0) is 13.8. The highest BCUT2D eigenvalue weighted by atomic mass is 16.5. The Hall–Kier alpha value is -2.64. The fourth-order valence-electron chi connectivity index (χ4n) is 1.47. The van der Waals surface area contributed by atoms with Gasteiger partial charge in [-0.2, -0.15) is 4.98 Å². The van der Waals surface area contributed by atoms with Gasteiger partial charge in [-0.05, 0) is 12.1 Å². The van der Waals surface area contributed by atoms with E-state index in [1.807, 2.05) is 0 Å². The summed E-state index contributed by atoms with van der Waals surface area (Å²) in [6.07, 6.45) is 0.524. The molecule has 0 aliphatic rings. The van der Waals surface area contributed by atoms with E-state index < -0.39 is 5.97 Å². The van der Waals surface area contributed by atoms with Crippen LogP contribution in [0.5, 0.6) is 0 Å². The highest BCUT2D eigenvalue weighted by molar-refractivity contribution is 5.86. The highest BCUT2D eigenvalue weighted by Crippen LogP contribution is 2.15. The predicted molar refractivity (Wildman–Crippen MR) is 66.8 cm³/mol. The summed E-state index contributed by atoms with van der Waals surface area (Å²) in [4.78, 5) is 18.8. The molecule has 2 aromatic heterocycles. The summed E-state index contributed by atoms with van der Waals surface area (Å²) in [5.74, 6) is 0.301. The van der Waals surface area contributed by atoms with Crippen molar-refractivity contribution < 1.29 is 14.4 Å². The average Bonchev–Trinajstić information content (AvgIpc) is 2.77. The Bertz CT molecular complexity index is 596. The Labute approximate surface area is 108 Å². The fraction of sp³-hybridized carbons (Fsp3) is 0.273. The van der Waals surface area contributed by atoms with Gasteiger partial charge in [0, 0.05) is 19.9 Å². The molecule has 2 heterocycles. The van der Waals surface area contributed by atoms with E-state index in [0.29, 0.717) is 36.2 Å². The molecule has 0 aliphatic carbocycles. The maximum atomic E-state index is 10.8. The van der Waals surface area contributed by atoms with E-state index in [1.54, 1.807) is 6.92 Å². The molecule has 0 saturated carbocycles.